The molecule has 0 saturated heterocycles. The van der Waals surface area contributed by atoms with Gasteiger partial charge in [-0.05, 0) is 32.9 Å². The molecule has 3 heterocycles. The highest BCUT2D eigenvalue weighted by molar-refractivity contribution is 7.09. The fraction of sp³-hybridized carbons (Fsp3) is 0.250. The lowest BCUT2D eigenvalue weighted by molar-refractivity contribution is -0.144. The van der Waals surface area contributed by atoms with Gasteiger partial charge < -0.3 is 5.32 Å². The molecule has 0 fully saturated rings. The second-order valence-electron chi connectivity index (χ2n) is 6.96. The lowest BCUT2D eigenvalue weighted by atomic mass is 10.1. The highest BCUT2D eigenvalue weighted by Gasteiger charge is 2.37. The number of hydrogen-bond donors (Lipinski definition) is 1. The summed E-state index contributed by atoms with van der Waals surface area (Å²) in [5.74, 6) is -1.74. The van der Waals surface area contributed by atoms with Gasteiger partial charge in [-0.25, -0.2) is 14.5 Å². The Labute approximate surface area is 179 Å². The van der Waals surface area contributed by atoms with Crippen molar-refractivity contribution in [2.75, 3.05) is 5.32 Å². The van der Waals surface area contributed by atoms with E-state index in [4.69, 9.17) is 0 Å². The molecular weight excluding hydrogens is 429 g/mol. The van der Waals surface area contributed by atoms with Gasteiger partial charge in [-0.2, -0.15) is 18.2 Å². The van der Waals surface area contributed by atoms with E-state index in [-0.39, 0.29) is 18.1 Å². The van der Waals surface area contributed by atoms with Crippen molar-refractivity contribution in [3.8, 4) is 11.3 Å². The third kappa shape index (κ3) is 4.26. The van der Waals surface area contributed by atoms with E-state index in [1.807, 2.05) is 24.4 Å². The quantitative estimate of drug-likeness (QED) is 0.503. The Morgan fingerprint density at radius 3 is 2.42 bits per heavy atom. The molecule has 4 aromatic rings. The minimum atomic E-state index is -4.67. The van der Waals surface area contributed by atoms with E-state index < -0.39 is 12.0 Å². The van der Waals surface area contributed by atoms with Gasteiger partial charge in [0.1, 0.15) is 0 Å². The van der Waals surface area contributed by atoms with E-state index in [2.05, 4.69) is 25.4 Å². The van der Waals surface area contributed by atoms with E-state index in [0.29, 0.717) is 22.6 Å². The number of anilines is 1. The molecule has 0 atom stereocenters. The third-order valence-electron chi connectivity index (χ3n) is 4.72. The number of aromatic nitrogens is 5. The molecule has 1 N–H and O–H groups in total. The minimum Gasteiger partial charge on any atom is -0.326 e. The van der Waals surface area contributed by atoms with Crippen LogP contribution >= 0.6 is 11.3 Å². The molecule has 4 rings (SSSR count). The van der Waals surface area contributed by atoms with Crippen molar-refractivity contribution in [3.05, 3.63) is 57.4 Å². The first kappa shape index (κ1) is 20.9. The van der Waals surface area contributed by atoms with Gasteiger partial charge in [-0.15, -0.1) is 16.4 Å². The van der Waals surface area contributed by atoms with Crippen LogP contribution in [-0.4, -0.2) is 30.5 Å². The number of nitrogens with zero attached hydrogens (tertiary/aromatic N) is 5. The van der Waals surface area contributed by atoms with E-state index in [1.54, 1.807) is 37.3 Å². The number of hydrogen-bond acceptors (Lipinski definition) is 6. The molecule has 1 aromatic carbocycles. The Balaban J connectivity index is 1.53. The molecule has 160 valence electrons. The van der Waals surface area contributed by atoms with Crippen molar-refractivity contribution in [2.24, 2.45) is 0 Å². The Hall–Kier alpha value is -3.34. The molecule has 1 amide bonds. The second-order valence-corrected chi connectivity index (χ2v) is 8.02. The fourth-order valence-corrected chi connectivity index (χ4v) is 3.79. The molecule has 0 aliphatic rings. The maximum Gasteiger partial charge on any atom is 0.453 e. The van der Waals surface area contributed by atoms with Crippen molar-refractivity contribution in [1.82, 2.24) is 24.6 Å². The first-order valence-electron chi connectivity index (χ1n) is 9.24. The first-order valence-corrected chi connectivity index (χ1v) is 10.1. The largest absolute Gasteiger partial charge is 0.453 e. The van der Waals surface area contributed by atoms with Crippen molar-refractivity contribution in [3.63, 3.8) is 0 Å². The third-order valence-corrected chi connectivity index (χ3v) is 5.50. The first-order chi connectivity index (χ1) is 14.6. The minimum absolute atomic E-state index is 0.0607. The highest BCUT2D eigenvalue weighted by Crippen LogP contribution is 2.27. The van der Waals surface area contributed by atoms with Crippen molar-refractivity contribution >= 4 is 28.7 Å². The molecule has 0 radical (unpaired) electrons. The van der Waals surface area contributed by atoms with E-state index in [1.165, 1.54) is 0 Å². The van der Waals surface area contributed by atoms with Crippen LogP contribution in [0.15, 0.2) is 29.6 Å². The number of halogens is 3. The van der Waals surface area contributed by atoms with Crippen LogP contribution in [0.4, 0.5) is 18.9 Å². The maximum absolute atomic E-state index is 12.9. The number of thiazole rings is 1. The normalized spacial score (nSPS) is 11.8. The number of aryl methyl sites for hydroxylation is 3. The second kappa shape index (κ2) is 7.73. The number of rotatable bonds is 4. The van der Waals surface area contributed by atoms with Crippen molar-refractivity contribution in [2.45, 2.75) is 33.4 Å². The number of alkyl halides is 3. The number of benzene rings is 1. The van der Waals surface area contributed by atoms with Gasteiger partial charge in [-0.3, -0.25) is 4.79 Å². The molecule has 0 aliphatic carbocycles. The summed E-state index contributed by atoms with van der Waals surface area (Å²) < 4.78 is 39.8. The standard InChI is InChI=1S/C20H17F3N6OS/c1-10-15(11(2)29-19(24-10)27-18(28-29)20(21,22)23)8-17(30)26-14-6-4-13(5-7-14)16-9-31-12(3)25-16/h4-7,9H,8H2,1-3H3,(H,26,30). The van der Waals surface area contributed by atoms with Crippen LogP contribution in [0, 0.1) is 20.8 Å². The molecule has 3 aromatic heterocycles. The summed E-state index contributed by atoms with van der Waals surface area (Å²) in [6.45, 7) is 5.15. The number of nitrogens with one attached hydrogen (secondary N) is 1. The van der Waals surface area contributed by atoms with Gasteiger partial charge in [0.25, 0.3) is 11.6 Å². The van der Waals surface area contributed by atoms with Crippen LogP contribution in [0.5, 0.6) is 0 Å². The smallest absolute Gasteiger partial charge is 0.326 e. The van der Waals surface area contributed by atoms with Gasteiger partial charge >= 0.3 is 6.18 Å². The number of amides is 1. The molecule has 31 heavy (non-hydrogen) atoms. The Bertz CT molecular complexity index is 1280. The van der Waals surface area contributed by atoms with E-state index >= 15 is 0 Å². The van der Waals surface area contributed by atoms with Crippen LogP contribution < -0.4 is 5.32 Å². The molecular formula is C20H17F3N6OS. The van der Waals surface area contributed by atoms with Crippen LogP contribution in [-0.2, 0) is 17.4 Å². The van der Waals surface area contributed by atoms with Crippen LogP contribution in [0.2, 0.25) is 0 Å². The number of carbonyl (C=O) groups excluding carboxylic acids is 1. The lowest BCUT2D eigenvalue weighted by Crippen LogP contribution is -2.17. The zero-order chi connectivity index (χ0) is 22.3. The number of carbonyl (C=O) groups is 1. The Morgan fingerprint density at radius 1 is 1.10 bits per heavy atom. The molecule has 0 aliphatic heterocycles. The van der Waals surface area contributed by atoms with E-state index in [9.17, 15) is 18.0 Å². The molecule has 0 unspecified atom stereocenters. The van der Waals surface area contributed by atoms with Gasteiger partial charge in [0.2, 0.25) is 5.91 Å². The lowest BCUT2D eigenvalue weighted by Gasteiger charge is -2.11. The average molecular weight is 446 g/mol. The fourth-order valence-electron chi connectivity index (χ4n) is 3.17. The van der Waals surface area contributed by atoms with E-state index in [0.717, 1.165) is 20.8 Å². The molecule has 0 saturated carbocycles. The summed E-state index contributed by atoms with van der Waals surface area (Å²) in [4.78, 5) is 24.5. The zero-order valence-electron chi connectivity index (χ0n) is 16.8. The van der Waals surface area contributed by atoms with Gasteiger partial charge in [0, 0.05) is 33.6 Å². The SMILES string of the molecule is Cc1nc(-c2ccc(NC(=O)Cc3c(C)nc4nc(C(F)(F)F)nn4c3C)cc2)cs1. The molecule has 0 spiro atoms. The summed E-state index contributed by atoms with van der Waals surface area (Å²) in [6.07, 6.45) is -4.73. The summed E-state index contributed by atoms with van der Waals surface area (Å²) in [5.41, 5.74) is 3.72. The predicted octanol–water partition coefficient (Wildman–Crippen LogP) is 4.37. The summed E-state index contributed by atoms with van der Waals surface area (Å²) in [7, 11) is 0. The zero-order valence-corrected chi connectivity index (χ0v) is 17.6. The van der Waals surface area contributed by atoms with Gasteiger partial charge in [0.15, 0.2) is 0 Å². The van der Waals surface area contributed by atoms with Crippen LogP contribution in [0.1, 0.15) is 27.8 Å². The molecule has 7 nitrogen and oxygen atoms in total. The monoisotopic (exact) mass is 446 g/mol. The van der Waals surface area contributed by atoms with Crippen molar-refractivity contribution < 1.29 is 18.0 Å². The van der Waals surface area contributed by atoms with Gasteiger partial charge in [-0.1, -0.05) is 12.1 Å². The topological polar surface area (TPSA) is 85.1 Å². The Kier molecular flexibility index (Phi) is 5.21. The summed E-state index contributed by atoms with van der Waals surface area (Å²) in [5, 5.41) is 9.23. The summed E-state index contributed by atoms with van der Waals surface area (Å²) >= 11 is 1.56. The highest BCUT2D eigenvalue weighted by atomic mass is 32.1. The molecule has 11 heteroatoms. The average Bonchev–Trinajstić information content (AvgIpc) is 3.32. The van der Waals surface area contributed by atoms with Crippen molar-refractivity contribution in [1.29, 1.82) is 0 Å². The van der Waals surface area contributed by atoms with Crippen LogP contribution in [0.25, 0.3) is 17.0 Å². The Morgan fingerprint density at radius 2 is 1.81 bits per heavy atom. The summed E-state index contributed by atoms with van der Waals surface area (Å²) in [6, 6.07) is 7.27. The predicted molar refractivity (Wildman–Crippen MR) is 110 cm³/mol. The number of fused-ring (bicyclic) bond motifs is 1. The van der Waals surface area contributed by atoms with Gasteiger partial charge in [0.05, 0.1) is 17.1 Å². The maximum atomic E-state index is 12.9. The molecule has 0 bridgehead atoms. The van der Waals surface area contributed by atoms with Crippen LogP contribution in [0.3, 0.4) is 0 Å².